The SMILES string of the molecule is CCN1CCC(O)C(Cc2cccc(F)c2)C1. The molecule has 1 aliphatic heterocycles. The van der Waals surface area contributed by atoms with Gasteiger partial charge in [-0.3, -0.25) is 0 Å². The molecule has 1 heterocycles. The van der Waals surface area contributed by atoms with Gasteiger partial charge >= 0.3 is 0 Å². The van der Waals surface area contributed by atoms with E-state index in [2.05, 4.69) is 11.8 Å². The molecule has 94 valence electrons. The van der Waals surface area contributed by atoms with Crippen LogP contribution in [-0.2, 0) is 6.42 Å². The highest BCUT2D eigenvalue weighted by atomic mass is 19.1. The van der Waals surface area contributed by atoms with Gasteiger partial charge in [0.2, 0.25) is 0 Å². The molecule has 0 amide bonds. The lowest BCUT2D eigenvalue weighted by Crippen LogP contribution is -2.43. The monoisotopic (exact) mass is 237 g/mol. The number of benzene rings is 1. The van der Waals surface area contributed by atoms with Crippen molar-refractivity contribution in [2.45, 2.75) is 25.9 Å². The van der Waals surface area contributed by atoms with E-state index < -0.39 is 0 Å². The quantitative estimate of drug-likeness (QED) is 0.870. The average Bonchev–Trinajstić information content (AvgIpc) is 2.32. The molecule has 2 atom stereocenters. The van der Waals surface area contributed by atoms with Gasteiger partial charge in [-0.15, -0.1) is 0 Å². The zero-order valence-electron chi connectivity index (χ0n) is 10.3. The average molecular weight is 237 g/mol. The summed E-state index contributed by atoms with van der Waals surface area (Å²) in [6.45, 7) is 5.04. The molecular weight excluding hydrogens is 217 g/mol. The third-order valence-electron chi connectivity index (χ3n) is 3.61. The normalized spacial score (nSPS) is 26.1. The molecule has 0 radical (unpaired) electrons. The number of rotatable bonds is 3. The van der Waals surface area contributed by atoms with E-state index in [1.807, 2.05) is 6.07 Å². The van der Waals surface area contributed by atoms with Crippen LogP contribution in [0, 0.1) is 11.7 Å². The van der Waals surface area contributed by atoms with Crippen LogP contribution in [0.15, 0.2) is 24.3 Å². The number of nitrogens with zero attached hydrogens (tertiary/aromatic N) is 1. The lowest BCUT2D eigenvalue weighted by Gasteiger charge is -2.35. The molecule has 2 rings (SSSR count). The van der Waals surface area contributed by atoms with Gasteiger partial charge < -0.3 is 10.0 Å². The Kier molecular flexibility index (Phi) is 4.13. The molecule has 0 aliphatic carbocycles. The molecule has 2 nitrogen and oxygen atoms in total. The van der Waals surface area contributed by atoms with Crippen molar-refractivity contribution < 1.29 is 9.50 Å². The molecule has 0 aromatic heterocycles. The Labute approximate surface area is 102 Å². The van der Waals surface area contributed by atoms with Gasteiger partial charge in [-0.2, -0.15) is 0 Å². The first kappa shape index (κ1) is 12.5. The summed E-state index contributed by atoms with van der Waals surface area (Å²) in [6.07, 6.45) is 1.34. The number of halogens is 1. The topological polar surface area (TPSA) is 23.5 Å². The first-order valence-corrected chi connectivity index (χ1v) is 6.34. The fraction of sp³-hybridized carbons (Fsp3) is 0.571. The van der Waals surface area contributed by atoms with Gasteiger partial charge in [-0.1, -0.05) is 19.1 Å². The number of hydrogen-bond acceptors (Lipinski definition) is 2. The lowest BCUT2D eigenvalue weighted by atomic mass is 9.89. The highest BCUT2D eigenvalue weighted by Gasteiger charge is 2.26. The van der Waals surface area contributed by atoms with Crippen LogP contribution in [-0.4, -0.2) is 35.7 Å². The minimum atomic E-state index is -0.249. The lowest BCUT2D eigenvalue weighted by molar-refractivity contribution is 0.0290. The highest BCUT2D eigenvalue weighted by Crippen LogP contribution is 2.21. The summed E-state index contributed by atoms with van der Waals surface area (Å²) in [5, 5.41) is 9.99. The zero-order chi connectivity index (χ0) is 12.3. The van der Waals surface area contributed by atoms with Gasteiger partial charge in [0.15, 0.2) is 0 Å². The predicted molar refractivity (Wildman–Crippen MR) is 66.3 cm³/mol. The van der Waals surface area contributed by atoms with Gasteiger partial charge in [-0.05, 0) is 37.1 Å². The Morgan fingerprint density at radius 1 is 1.47 bits per heavy atom. The summed E-state index contributed by atoms with van der Waals surface area (Å²) in [5.41, 5.74) is 0.979. The van der Waals surface area contributed by atoms with E-state index in [9.17, 15) is 9.50 Å². The van der Waals surface area contributed by atoms with Crippen molar-refractivity contribution in [2.24, 2.45) is 5.92 Å². The second-order valence-electron chi connectivity index (χ2n) is 4.84. The van der Waals surface area contributed by atoms with Crippen molar-refractivity contribution in [2.75, 3.05) is 19.6 Å². The van der Waals surface area contributed by atoms with Crippen molar-refractivity contribution >= 4 is 0 Å². The number of hydrogen-bond donors (Lipinski definition) is 1. The van der Waals surface area contributed by atoms with Crippen LogP contribution in [0.2, 0.25) is 0 Å². The van der Waals surface area contributed by atoms with Crippen LogP contribution >= 0.6 is 0 Å². The number of likely N-dealkylation sites (tertiary alicyclic amines) is 1. The number of aliphatic hydroxyl groups excluding tert-OH is 1. The minimum Gasteiger partial charge on any atom is -0.393 e. The summed E-state index contributed by atoms with van der Waals surface area (Å²) in [6, 6.07) is 6.69. The highest BCUT2D eigenvalue weighted by molar-refractivity contribution is 5.17. The molecular formula is C14H20FNO. The van der Waals surface area contributed by atoms with Gasteiger partial charge in [0.05, 0.1) is 6.10 Å². The molecule has 2 unspecified atom stereocenters. The van der Waals surface area contributed by atoms with E-state index in [1.165, 1.54) is 6.07 Å². The standard InChI is InChI=1S/C14H20FNO/c1-2-16-7-6-14(17)12(10-16)8-11-4-3-5-13(15)9-11/h3-5,9,12,14,17H,2,6-8,10H2,1H3. The van der Waals surface area contributed by atoms with E-state index in [1.54, 1.807) is 12.1 Å². The Bertz CT molecular complexity index is 369. The molecule has 1 fully saturated rings. The van der Waals surface area contributed by atoms with Crippen LogP contribution in [0.5, 0.6) is 0 Å². The Balaban J connectivity index is 2.01. The van der Waals surface area contributed by atoms with Crippen LogP contribution in [0.3, 0.4) is 0 Å². The Hall–Kier alpha value is -0.930. The Morgan fingerprint density at radius 3 is 3.00 bits per heavy atom. The van der Waals surface area contributed by atoms with Crippen LogP contribution in [0.1, 0.15) is 18.9 Å². The van der Waals surface area contributed by atoms with Crippen molar-refractivity contribution in [1.29, 1.82) is 0 Å². The second-order valence-corrected chi connectivity index (χ2v) is 4.84. The van der Waals surface area contributed by atoms with Crippen LogP contribution in [0.25, 0.3) is 0 Å². The fourth-order valence-electron chi connectivity index (χ4n) is 2.55. The van der Waals surface area contributed by atoms with E-state index in [0.717, 1.165) is 38.0 Å². The maximum Gasteiger partial charge on any atom is 0.123 e. The van der Waals surface area contributed by atoms with E-state index >= 15 is 0 Å². The number of aliphatic hydroxyl groups is 1. The number of piperidine rings is 1. The van der Waals surface area contributed by atoms with E-state index in [4.69, 9.17) is 0 Å². The second kappa shape index (κ2) is 5.61. The third kappa shape index (κ3) is 3.27. The molecule has 17 heavy (non-hydrogen) atoms. The first-order valence-electron chi connectivity index (χ1n) is 6.34. The molecule has 0 spiro atoms. The summed E-state index contributed by atoms with van der Waals surface area (Å²) < 4.78 is 13.1. The largest absolute Gasteiger partial charge is 0.393 e. The molecule has 1 aromatic rings. The zero-order valence-corrected chi connectivity index (χ0v) is 10.3. The molecule has 1 saturated heterocycles. The van der Waals surface area contributed by atoms with Crippen molar-refractivity contribution in [3.63, 3.8) is 0 Å². The minimum absolute atomic E-state index is 0.194. The van der Waals surface area contributed by atoms with Crippen molar-refractivity contribution in [3.8, 4) is 0 Å². The molecule has 0 bridgehead atoms. The van der Waals surface area contributed by atoms with Gasteiger partial charge in [0, 0.05) is 19.0 Å². The third-order valence-corrected chi connectivity index (χ3v) is 3.61. The van der Waals surface area contributed by atoms with E-state index in [0.29, 0.717) is 0 Å². The van der Waals surface area contributed by atoms with Crippen molar-refractivity contribution in [1.82, 2.24) is 4.90 Å². The van der Waals surface area contributed by atoms with E-state index in [-0.39, 0.29) is 17.8 Å². The maximum absolute atomic E-state index is 13.1. The van der Waals surface area contributed by atoms with Gasteiger partial charge in [0.1, 0.15) is 5.82 Å². The van der Waals surface area contributed by atoms with Gasteiger partial charge in [-0.25, -0.2) is 4.39 Å². The summed E-state index contributed by atoms with van der Waals surface area (Å²) in [5.74, 6) is 0.0330. The molecule has 1 aromatic carbocycles. The van der Waals surface area contributed by atoms with Crippen LogP contribution in [0.4, 0.5) is 4.39 Å². The molecule has 3 heteroatoms. The molecule has 1 aliphatic rings. The van der Waals surface area contributed by atoms with Crippen molar-refractivity contribution in [3.05, 3.63) is 35.6 Å². The smallest absolute Gasteiger partial charge is 0.123 e. The molecule has 0 saturated carbocycles. The molecule has 1 N–H and O–H groups in total. The van der Waals surface area contributed by atoms with Crippen LogP contribution < -0.4 is 0 Å². The fourth-order valence-corrected chi connectivity index (χ4v) is 2.55. The van der Waals surface area contributed by atoms with Gasteiger partial charge in [0.25, 0.3) is 0 Å². The predicted octanol–water partition coefficient (Wildman–Crippen LogP) is 2.07. The Morgan fingerprint density at radius 2 is 2.29 bits per heavy atom. The summed E-state index contributed by atoms with van der Waals surface area (Å²) in [7, 11) is 0. The first-order chi connectivity index (χ1) is 8.19. The summed E-state index contributed by atoms with van der Waals surface area (Å²) in [4.78, 5) is 2.34. The maximum atomic E-state index is 13.1. The summed E-state index contributed by atoms with van der Waals surface area (Å²) >= 11 is 0.